The van der Waals surface area contributed by atoms with Crippen LogP contribution in [0.1, 0.15) is 130 Å². The van der Waals surface area contributed by atoms with Crippen LogP contribution in [0, 0.1) is 11.6 Å². The normalized spacial score (nSPS) is 13.3. The molecule has 0 spiro atoms. The number of rotatable bonds is 17. The van der Waals surface area contributed by atoms with Gasteiger partial charge in [0.1, 0.15) is 51.4 Å². The Bertz CT molecular complexity index is 4800. The lowest BCUT2D eigenvalue weighted by molar-refractivity contribution is -0.140. The molecule has 0 radical (unpaired) electrons. The molecule has 0 aliphatic carbocycles. The van der Waals surface area contributed by atoms with Crippen molar-refractivity contribution in [1.82, 2.24) is 0 Å². The Hall–Kier alpha value is -7.39. The van der Waals surface area contributed by atoms with Crippen molar-refractivity contribution in [3.8, 4) is 64.8 Å². The van der Waals surface area contributed by atoms with Gasteiger partial charge in [-0.3, -0.25) is 33.6 Å². The Morgan fingerprint density at radius 1 is 0.510 bits per heavy atom. The number of carbonyl (C=O) groups excluding carboxylic acids is 7. The summed E-state index contributed by atoms with van der Waals surface area (Å²) in [5, 5.41) is 67.0. The summed E-state index contributed by atoms with van der Waals surface area (Å²) < 4.78 is 30.6. The Balaban J connectivity index is 0.000000196. The number of hydrogen-bond acceptors (Lipinski definition) is 20. The first-order valence-corrected chi connectivity index (χ1v) is 38.4. The van der Waals surface area contributed by atoms with Crippen molar-refractivity contribution in [3.63, 3.8) is 0 Å². The standard InChI is InChI=1S/C14H16Cl2O3S.C13H12Cl2O2S.C13H12O3S.C12H8Cl2O2S.2C12H9FO2S/c1-8(17)6-9(2)20-13(14(18)19-3)10-4-5-11(15)12(16)7-10;1-6(16)11-7(2)18-13(12(11)17)8-3-4-9(14)10(15)5-8;1-8(15)11-7-17-13(12(11)16)10-4-2-9(6-14)3-5-10;1-6(15)9-5-17-12(11(9)16)8-3-2-7(13)4-10(8)14;1-7(14)10-6-16-12(11(10)15)8-2-4-9(13)5-3-8;1-7(14)10-6-16-12(11(10)15)8-3-2-4-9(13)5-8/h4-5,7,9,13H,6H2,1-3H3;3-5,7,13,17H,1-2H3;2-5,7,14,16H,6H2,1H3;2-5,16H,1H3;2*2-6,15H,1H3. The molecule has 0 amide bonds. The van der Waals surface area contributed by atoms with Gasteiger partial charge in [-0.1, -0.05) is 143 Å². The number of halogens is 8. The molecule has 0 saturated heterocycles. The van der Waals surface area contributed by atoms with Crippen LogP contribution in [0.15, 0.2) is 160 Å². The molecule has 4 aromatic heterocycles. The fourth-order valence-electron chi connectivity index (χ4n) is 9.68. The molecule has 6 N–H and O–H groups in total. The highest BCUT2D eigenvalue weighted by Gasteiger charge is 2.35. The summed E-state index contributed by atoms with van der Waals surface area (Å²) in [4.78, 5) is 81.7. The van der Waals surface area contributed by atoms with Crippen LogP contribution in [0.4, 0.5) is 8.78 Å². The Morgan fingerprint density at radius 3 is 1.38 bits per heavy atom. The van der Waals surface area contributed by atoms with Gasteiger partial charge in [0.25, 0.3) is 0 Å². The van der Waals surface area contributed by atoms with E-state index in [0.29, 0.717) is 101 Å². The number of ether oxygens (including phenoxy) is 1. The maximum Gasteiger partial charge on any atom is 0.323 e. The lowest BCUT2D eigenvalue weighted by atomic mass is 10.0. The third-order valence-electron chi connectivity index (χ3n) is 14.8. The van der Waals surface area contributed by atoms with E-state index >= 15 is 0 Å². The number of thioether (sulfide) groups is 2. The minimum atomic E-state index is -0.524. The second kappa shape index (κ2) is 39.8. The minimum absolute atomic E-state index is 0.00456. The van der Waals surface area contributed by atoms with Crippen molar-refractivity contribution in [2.24, 2.45) is 0 Å². The van der Waals surface area contributed by atoms with E-state index in [4.69, 9.17) is 79.4 Å². The molecule has 5 heterocycles. The van der Waals surface area contributed by atoms with Crippen LogP contribution in [0.2, 0.25) is 30.1 Å². The largest absolute Gasteiger partial charge is 0.510 e. The Labute approximate surface area is 653 Å². The van der Waals surface area contributed by atoms with Crippen molar-refractivity contribution < 1.29 is 77.7 Å². The van der Waals surface area contributed by atoms with Gasteiger partial charge in [-0.2, -0.15) is 0 Å². The molecule has 4 unspecified atom stereocenters. The van der Waals surface area contributed by atoms with Gasteiger partial charge in [-0.15, -0.1) is 68.9 Å². The van der Waals surface area contributed by atoms with E-state index in [1.165, 1.54) is 142 Å². The van der Waals surface area contributed by atoms with E-state index < -0.39 is 5.25 Å². The second-order valence-corrected chi connectivity index (χ2v) is 31.6. The van der Waals surface area contributed by atoms with Crippen LogP contribution in [0.25, 0.3) is 41.8 Å². The molecule has 1 aliphatic heterocycles. The first-order valence-electron chi connectivity index (χ1n) is 30.7. The number of benzene rings is 6. The van der Waals surface area contributed by atoms with Crippen LogP contribution in [0.3, 0.4) is 0 Å². The van der Waals surface area contributed by atoms with Crippen LogP contribution >= 0.6 is 138 Å². The predicted octanol–water partition coefficient (Wildman–Crippen LogP) is 23.2. The summed E-state index contributed by atoms with van der Waals surface area (Å²) in [5.41, 5.74) is 6.95. The quantitative estimate of drug-likeness (QED) is 0.0366. The fraction of sp³-hybridized carbons (Fsp3) is 0.197. The zero-order valence-corrected chi connectivity index (χ0v) is 66.0. The number of esters is 1. The highest BCUT2D eigenvalue weighted by atomic mass is 35.5. The number of Topliss-reactive ketones (excluding diaryl/α,β-unsaturated/α-hetero) is 6. The van der Waals surface area contributed by atoms with Crippen molar-refractivity contribution in [3.05, 3.63) is 241 Å². The maximum atomic E-state index is 13.0. The van der Waals surface area contributed by atoms with E-state index in [1.54, 1.807) is 106 Å². The first-order chi connectivity index (χ1) is 49.1. The van der Waals surface area contributed by atoms with Gasteiger partial charge >= 0.3 is 5.97 Å². The maximum absolute atomic E-state index is 13.0. The van der Waals surface area contributed by atoms with Crippen molar-refractivity contribution in [2.75, 3.05) is 7.11 Å². The Kier molecular flexibility index (Phi) is 32.7. The fourth-order valence-corrected chi connectivity index (χ4v) is 17.6. The number of aliphatic hydroxyl groups excluding tert-OH is 2. The van der Waals surface area contributed by atoms with Gasteiger partial charge in [-0.05, 0) is 143 Å². The van der Waals surface area contributed by atoms with Crippen molar-refractivity contribution >= 4 is 179 Å². The summed E-state index contributed by atoms with van der Waals surface area (Å²) >= 11 is 43.6. The predicted molar refractivity (Wildman–Crippen MR) is 422 cm³/mol. The first kappa shape index (κ1) is 85.5. The summed E-state index contributed by atoms with van der Waals surface area (Å²) in [7, 11) is 1.34. The molecule has 0 saturated carbocycles. The molecule has 1 aliphatic rings. The molecular weight excluding hydrogens is 1580 g/mol. The molecule has 546 valence electrons. The van der Waals surface area contributed by atoms with Crippen molar-refractivity contribution in [1.29, 1.82) is 0 Å². The smallest absolute Gasteiger partial charge is 0.323 e. The van der Waals surface area contributed by atoms with Gasteiger partial charge in [0.15, 0.2) is 28.9 Å². The molecule has 11 rings (SSSR count). The van der Waals surface area contributed by atoms with Gasteiger partial charge in [0.2, 0.25) is 0 Å². The van der Waals surface area contributed by atoms with Crippen LogP contribution in [-0.2, 0) is 25.7 Å². The van der Waals surface area contributed by atoms with Gasteiger partial charge in [-0.25, -0.2) is 8.78 Å². The van der Waals surface area contributed by atoms with Crippen LogP contribution < -0.4 is 0 Å². The lowest BCUT2D eigenvalue weighted by Gasteiger charge is -2.19. The number of aromatic hydroxyl groups is 4. The summed E-state index contributed by atoms with van der Waals surface area (Å²) in [6.45, 7) is 12.4. The second-order valence-electron chi connectivity index (χ2n) is 22.6. The van der Waals surface area contributed by atoms with Crippen LogP contribution in [-0.4, -0.2) is 88.9 Å². The number of thiophene rings is 4. The average Bonchev–Trinajstić information content (AvgIpc) is 1.58. The van der Waals surface area contributed by atoms with Gasteiger partial charge < -0.3 is 35.4 Å². The minimum Gasteiger partial charge on any atom is -0.510 e. The average molecular weight is 1650 g/mol. The number of aliphatic hydroxyl groups is 2. The van der Waals surface area contributed by atoms with Crippen LogP contribution in [0.5, 0.6) is 23.0 Å². The molecule has 28 heteroatoms. The number of hydrogen-bond donors (Lipinski definition) is 6. The number of methoxy groups -OCH3 is 1. The summed E-state index contributed by atoms with van der Waals surface area (Å²) in [5.74, 6) is -1.69. The topological polar surface area (TPSA) is 250 Å². The molecular formula is C76H66Cl6F2O14S6. The third-order valence-corrected chi connectivity index (χ3v) is 23.7. The molecule has 0 fully saturated rings. The van der Waals surface area contributed by atoms with Crippen molar-refractivity contribution in [2.45, 2.75) is 89.4 Å². The molecule has 104 heavy (non-hydrogen) atoms. The zero-order valence-electron chi connectivity index (χ0n) is 56.6. The monoisotopic (exact) mass is 1640 g/mol. The van der Waals surface area contributed by atoms with E-state index in [0.717, 1.165) is 16.7 Å². The number of carbonyl (C=O) groups is 7. The molecule has 14 nitrogen and oxygen atoms in total. The van der Waals surface area contributed by atoms with Gasteiger partial charge in [0, 0.05) is 54.6 Å². The SMILES string of the molecule is CC(=O)C1=C(O)C(c2ccc(Cl)c(Cl)c2)SC1C.CC(=O)c1csc(-c2ccc(CO)cc2)c1O.CC(=O)c1csc(-c2ccc(Cl)cc2Cl)c1O.CC(=O)c1csc(-c2ccc(F)cc2)c1O.CC(=O)c1csc(-c2cccc(F)c2)c1O.COC(=O)C(SC(C)CC(C)=O)c1ccc(Cl)c(Cl)c1. The third kappa shape index (κ3) is 23.1. The molecule has 0 bridgehead atoms. The van der Waals surface area contributed by atoms with E-state index in [2.05, 4.69) is 0 Å². The summed E-state index contributed by atoms with van der Waals surface area (Å²) in [6, 6.07) is 34.2. The lowest BCUT2D eigenvalue weighted by Crippen LogP contribution is -2.15. The molecule has 10 aromatic rings. The van der Waals surface area contributed by atoms with E-state index in [-0.39, 0.29) is 109 Å². The highest BCUT2D eigenvalue weighted by Crippen LogP contribution is 2.49. The zero-order chi connectivity index (χ0) is 77.1. The molecule has 6 aromatic carbocycles. The van der Waals surface area contributed by atoms with Gasteiger partial charge in [0.05, 0.1) is 85.8 Å². The van der Waals surface area contributed by atoms with E-state index in [1.807, 2.05) is 32.0 Å². The van der Waals surface area contributed by atoms with E-state index in [9.17, 15) is 67.9 Å². The summed E-state index contributed by atoms with van der Waals surface area (Å²) in [6.07, 6.45) is 0.402. The molecule has 4 atom stereocenters. The number of ketones is 6. The Morgan fingerprint density at radius 2 is 0.971 bits per heavy atom. The highest BCUT2D eigenvalue weighted by molar-refractivity contribution is 8.01.